The lowest BCUT2D eigenvalue weighted by molar-refractivity contribution is 0.262. The van der Waals surface area contributed by atoms with Gasteiger partial charge >= 0.3 is 0 Å². The molecule has 3 aliphatic rings. The van der Waals surface area contributed by atoms with Crippen molar-refractivity contribution in [3.8, 4) is 11.3 Å². The second-order valence-corrected chi connectivity index (χ2v) is 7.71. The standard InChI is InChI=1S/C20H26N4.2ClH/c1-23-20(14-5-3-2-4-6-14)15-7-9-24(10-8-19(15)22-23)13-18-16-11-21-12-17(16)18;;/h2-6,16-18,21H,7-13H2,1H3;2*1H/t16-,17+,18?;;. The van der Waals surface area contributed by atoms with E-state index in [9.17, 15) is 0 Å². The van der Waals surface area contributed by atoms with Gasteiger partial charge in [0.1, 0.15) is 0 Å². The lowest BCUT2D eigenvalue weighted by atomic mass is 10.0. The first-order valence-electron chi connectivity index (χ1n) is 9.34. The number of aryl methyl sites for hydroxylation is 1. The third-order valence-corrected chi connectivity index (χ3v) is 6.36. The minimum absolute atomic E-state index is 0. The van der Waals surface area contributed by atoms with Crippen LogP contribution >= 0.6 is 24.8 Å². The highest BCUT2D eigenvalue weighted by Gasteiger charge is 2.52. The maximum Gasteiger partial charge on any atom is 0.0714 e. The molecule has 2 aliphatic heterocycles. The van der Waals surface area contributed by atoms with Gasteiger partial charge in [0.15, 0.2) is 0 Å². The molecule has 1 saturated carbocycles. The van der Waals surface area contributed by atoms with Gasteiger partial charge in [-0.1, -0.05) is 30.3 Å². The SMILES string of the molecule is Cl.Cl.Cn1nc2c(c1-c1ccccc1)CCN(CC1[C@H]3CNC[C@@H]13)CC2. The number of aromatic nitrogens is 2. The first kappa shape index (κ1) is 19.7. The number of nitrogens with one attached hydrogen (secondary N) is 1. The Kier molecular flexibility index (Phi) is 5.97. The summed E-state index contributed by atoms with van der Waals surface area (Å²) in [5, 5.41) is 8.37. The maximum atomic E-state index is 4.85. The second kappa shape index (κ2) is 7.89. The van der Waals surface area contributed by atoms with Crippen molar-refractivity contribution in [1.82, 2.24) is 20.0 Å². The molecule has 0 bridgehead atoms. The van der Waals surface area contributed by atoms with Crippen LogP contribution in [0.5, 0.6) is 0 Å². The largest absolute Gasteiger partial charge is 0.316 e. The van der Waals surface area contributed by atoms with Crippen LogP contribution in [0.4, 0.5) is 0 Å². The van der Waals surface area contributed by atoms with E-state index in [1.807, 2.05) is 0 Å². The zero-order valence-electron chi connectivity index (χ0n) is 15.2. The van der Waals surface area contributed by atoms with E-state index in [1.165, 1.54) is 55.2 Å². The lowest BCUT2D eigenvalue weighted by Gasteiger charge is -2.21. The fourth-order valence-electron chi connectivity index (χ4n) is 4.99. The number of hydrogen-bond donors (Lipinski definition) is 1. The van der Waals surface area contributed by atoms with Gasteiger partial charge in [0, 0.05) is 44.2 Å². The van der Waals surface area contributed by atoms with E-state index in [0.29, 0.717) is 0 Å². The van der Waals surface area contributed by atoms with Crippen LogP contribution in [-0.4, -0.2) is 47.4 Å². The Labute approximate surface area is 168 Å². The van der Waals surface area contributed by atoms with Gasteiger partial charge in [-0.3, -0.25) is 4.68 Å². The van der Waals surface area contributed by atoms with Gasteiger partial charge in [-0.2, -0.15) is 5.10 Å². The normalized spacial score (nSPS) is 26.9. The van der Waals surface area contributed by atoms with E-state index < -0.39 is 0 Å². The van der Waals surface area contributed by atoms with Gasteiger partial charge in [-0.25, -0.2) is 0 Å². The molecular formula is C20H28Cl2N4. The van der Waals surface area contributed by atoms with Crippen molar-refractivity contribution < 1.29 is 0 Å². The highest BCUT2D eigenvalue weighted by atomic mass is 35.5. The topological polar surface area (TPSA) is 33.1 Å². The molecule has 26 heavy (non-hydrogen) atoms. The maximum absolute atomic E-state index is 4.85. The summed E-state index contributed by atoms with van der Waals surface area (Å²) in [7, 11) is 2.09. The molecular weight excluding hydrogens is 367 g/mol. The van der Waals surface area contributed by atoms with Crippen molar-refractivity contribution >= 4 is 24.8 Å². The molecule has 2 aromatic rings. The van der Waals surface area contributed by atoms with E-state index >= 15 is 0 Å². The molecule has 1 aliphatic carbocycles. The third kappa shape index (κ3) is 3.40. The molecule has 142 valence electrons. The molecule has 6 heteroatoms. The van der Waals surface area contributed by atoms with E-state index in [1.54, 1.807) is 0 Å². The average molecular weight is 395 g/mol. The van der Waals surface area contributed by atoms with E-state index in [-0.39, 0.29) is 24.8 Å². The highest BCUT2D eigenvalue weighted by Crippen LogP contribution is 2.49. The summed E-state index contributed by atoms with van der Waals surface area (Å²) in [6, 6.07) is 10.7. The van der Waals surface area contributed by atoms with E-state index in [0.717, 1.165) is 30.6 Å². The Morgan fingerprint density at radius 3 is 2.46 bits per heavy atom. The predicted octanol–water partition coefficient (Wildman–Crippen LogP) is 2.80. The fraction of sp³-hybridized carbons (Fsp3) is 0.550. The number of halogens is 2. The van der Waals surface area contributed by atoms with E-state index in [4.69, 9.17) is 5.10 Å². The van der Waals surface area contributed by atoms with Crippen LogP contribution in [0.25, 0.3) is 11.3 Å². The lowest BCUT2D eigenvalue weighted by Crippen LogP contribution is -2.31. The van der Waals surface area contributed by atoms with Crippen molar-refractivity contribution in [2.24, 2.45) is 24.8 Å². The summed E-state index contributed by atoms with van der Waals surface area (Å²) < 4.78 is 2.09. The summed E-state index contributed by atoms with van der Waals surface area (Å²) in [6.07, 6.45) is 2.23. The average Bonchev–Trinajstić information content (AvgIpc) is 2.94. The Hall–Kier alpha value is -1.07. The van der Waals surface area contributed by atoms with Crippen LogP contribution in [0.15, 0.2) is 30.3 Å². The molecule has 1 aromatic heterocycles. The van der Waals surface area contributed by atoms with Crippen LogP contribution in [0.2, 0.25) is 0 Å². The van der Waals surface area contributed by atoms with Crippen molar-refractivity contribution in [1.29, 1.82) is 0 Å². The van der Waals surface area contributed by atoms with Gasteiger partial charge in [-0.05, 0) is 37.3 Å². The van der Waals surface area contributed by atoms with Crippen molar-refractivity contribution in [3.63, 3.8) is 0 Å². The van der Waals surface area contributed by atoms with Crippen molar-refractivity contribution in [2.45, 2.75) is 12.8 Å². The summed E-state index contributed by atoms with van der Waals surface area (Å²) >= 11 is 0. The summed E-state index contributed by atoms with van der Waals surface area (Å²) in [4.78, 5) is 2.69. The van der Waals surface area contributed by atoms with Crippen LogP contribution in [-0.2, 0) is 19.9 Å². The van der Waals surface area contributed by atoms with Crippen LogP contribution < -0.4 is 5.32 Å². The molecule has 1 unspecified atom stereocenters. The van der Waals surface area contributed by atoms with Crippen LogP contribution in [0, 0.1) is 17.8 Å². The molecule has 1 saturated heterocycles. The second-order valence-electron chi connectivity index (χ2n) is 7.71. The monoisotopic (exact) mass is 394 g/mol. The number of piperidine rings is 1. The van der Waals surface area contributed by atoms with Gasteiger partial charge < -0.3 is 10.2 Å². The Bertz CT molecular complexity index is 736. The molecule has 4 nitrogen and oxygen atoms in total. The molecule has 3 heterocycles. The Morgan fingerprint density at radius 1 is 1.04 bits per heavy atom. The van der Waals surface area contributed by atoms with Gasteiger partial charge in [-0.15, -0.1) is 24.8 Å². The summed E-state index contributed by atoms with van der Waals surface area (Å²) in [6.45, 7) is 6.16. The quantitative estimate of drug-likeness (QED) is 0.868. The Morgan fingerprint density at radius 2 is 1.73 bits per heavy atom. The number of benzene rings is 1. The first-order valence-corrected chi connectivity index (χ1v) is 9.34. The molecule has 0 spiro atoms. The minimum Gasteiger partial charge on any atom is -0.316 e. The zero-order valence-corrected chi connectivity index (χ0v) is 16.9. The van der Waals surface area contributed by atoms with Crippen LogP contribution in [0.1, 0.15) is 11.3 Å². The Balaban J connectivity index is 0.000000980. The van der Waals surface area contributed by atoms with Crippen molar-refractivity contribution in [3.05, 3.63) is 41.6 Å². The van der Waals surface area contributed by atoms with Gasteiger partial charge in [0.2, 0.25) is 0 Å². The molecule has 5 rings (SSSR count). The highest BCUT2D eigenvalue weighted by molar-refractivity contribution is 5.85. The number of nitrogens with zero attached hydrogens (tertiary/aromatic N) is 3. The number of fused-ring (bicyclic) bond motifs is 2. The minimum atomic E-state index is 0. The third-order valence-electron chi connectivity index (χ3n) is 6.36. The van der Waals surface area contributed by atoms with Gasteiger partial charge in [0.05, 0.1) is 11.4 Å². The predicted molar refractivity (Wildman–Crippen MR) is 110 cm³/mol. The fourth-order valence-corrected chi connectivity index (χ4v) is 4.99. The van der Waals surface area contributed by atoms with Gasteiger partial charge in [0.25, 0.3) is 0 Å². The van der Waals surface area contributed by atoms with Crippen LogP contribution in [0.3, 0.4) is 0 Å². The molecule has 0 radical (unpaired) electrons. The molecule has 2 fully saturated rings. The summed E-state index contributed by atoms with van der Waals surface area (Å²) in [5.41, 5.74) is 5.41. The van der Waals surface area contributed by atoms with E-state index in [2.05, 4.69) is 52.3 Å². The first-order chi connectivity index (χ1) is 11.8. The molecule has 3 atom stereocenters. The molecule has 1 aromatic carbocycles. The smallest absolute Gasteiger partial charge is 0.0714 e. The molecule has 1 N–H and O–H groups in total. The van der Waals surface area contributed by atoms with Crippen molar-refractivity contribution in [2.75, 3.05) is 32.7 Å². The zero-order chi connectivity index (χ0) is 16.1. The summed E-state index contributed by atoms with van der Waals surface area (Å²) in [5.74, 6) is 2.89. The molecule has 0 amide bonds. The number of rotatable bonds is 3. The number of hydrogen-bond acceptors (Lipinski definition) is 3.